The summed E-state index contributed by atoms with van der Waals surface area (Å²) in [5.41, 5.74) is 4.66. The number of hydrogen-bond donors (Lipinski definition) is 1. The van der Waals surface area contributed by atoms with Gasteiger partial charge in [-0.15, -0.1) is 0 Å². The van der Waals surface area contributed by atoms with Gasteiger partial charge in [-0.1, -0.05) is 32.3 Å². The third-order valence-corrected chi connectivity index (χ3v) is 6.40. The van der Waals surface area contributed by atoms with E-state index < -0.39 is 5.97 Å². The Kier molecular flexibility index (Phi) is 6.26. The maximum absolute atomic E-state index is 13.4. The molecule has 4 rings (SSSR count). The summed E-state index contributed by atoms with van der Waals surface area (Å²) < 4.78 is 1.79. The van der Waals surface area contributed by atoms with Gasteiger partial charge in [0.2, 0.25) is 0 Å². The predicted octanol–water partition coefficient (Wildman–Crippen LogP) is 4.76. The molecule has 7 heteroatoms. The molecule has 1 unspecified atom stereocenters. The molecule has 0 bridgehead atoms. The average Bonchev–Trinajstić information content (AvgIpc) is 3.19. The SMILES string of the molecule is CCc1cc(C(=O)N2CCCCCCC2C)nc2cc(-c3ccc(C(=O)O)cc3C)nn12. The van der Waals surface area contributed by atoms with Gasteiger partial charge in [0, 0.05) is 29.9 Å². The van der Waals surface area contributed by atoms with Crippen LogP contribution in [0.5, 0.6) is 0 Å². The number of carbonyl (C=O) groups excluding carboxylic acids is 1. The molecule has 3 aromatic rings. The van der Waals surface area contributed by atoms with Crippen molar-refractivity contribution < 1.29 is 14.7 Å². The maximum atomic E-state index is 13.4. The second kappa shape index (κ2) is 9.10. The molecular weight excluding hydrogens is 404 g/mol. The second-order valence-electron chi connectivity index (χ2n) is 8.67. The van der Waals surface area contributed by atoms with Crippen LogP contribution in [0.15, 0.2) is 30.3 Å². The van der Waals surface area contributed by atoms with Crippen molar-refractivity contribution in [2.75, 3.05) is 6.54 Å². The third kappa shape index (κ3) is 4.24. The Labute approximate surface area is 188 Å². The van der Waals surface area contributed by atoms with Gasteiger partial charge in [0.15, 0.2) is 5.65 Å². The van der Waals surface area contributed by atoms with Crippen LogP contribution in [0.4, 0.5) is 0 Å². The van der Waals surface area contributed by atoms with Gasteiger partial charge < -0.3 is 10.0 Å². The molecule has 1 aliphatic heterocycles. The summed E-state index contributed by atoms with van der Waals surface area (Å²) >= 11 is 0. The van der Waals surface area contributed by atoms with Crippen molar-refractivity contribution in [2.24, 2.45) is 0 Å². The number of aromatic nitrogens is 3. The number of hydrogen-bond acceptors (Lipinski definition) is 4. The van der Waals surface area contributed by atoms with Gasteiger partial charge in [-0.05, 0) is 56.9 Å². The molecule has 1 aromatic carbocycles. The van der Waals surface area contributed by atoms with Crippen molar-refractivity contribution in [2.45, 2.75) is 65.3 Å². The van der Waals surface area contributed by atoms with Crippen LogP contribution in [-0.2, 0) is 6.42 Å². The number of carbonyl (C=O) groups is 2. The van der Waals surface area contributed by atoms with Crippen molar-refractivity contribution in [1.82, 2.24) is 19.5 Å². The molecule has 168 valence electrons. The van der Waals surface area contributed by atoms with E-state index in [1.54, 1.807) is 22.7 Å². The third-order valence-electron chi connectivity index (χ3n) is 6.40. The van der Waals surface area contributed by atoms with E-state index in [9.17, 15) is 14.7 Å². The fourth-order valence-corrected chi connectivity index (χ4v) is 4.51. The Balaban J connectivity index is 1.73. The lowest BCUT2D eigenvalue weighted by Gasteiger charge is -2.31. The van der Waals surface area contributed by atoms with Crippen molar-refractivity contribution in [3.63, 3.8) is 0 Å². The molecule has 3 heterocycles. The Morgan fingerprint density at radius 1 is 1.12 bits per heavy atom. The molecule has 2 aromatic heterocycles. The largest absolute Gasteiger partial charge is 0.478 e. The van der Waals surface area contributed by atoms with Crippen LogP contribution in [0, 0.1) is 6.92 Å². The summed E-state index contributed by atoms with van der Waals surface area (Å²) in [6, 6.07) is 8.95. The predicted molar refractivity (Wildman–Crippen MR) is 123 cm³/mol. The van der Waals surface area contributed by atoms with Crippen LogP contribution in [0.1, 0.15) is 78.1 Å². The zero-order chi connectivity index (χ0) is 22.8. The van der Waals surface area contributed by atoms with Crippen molar-refractivity contribution in [3.8, 4) is 11.3 Å². The summed E-state index contributed by atoms with van der Waals surface area (Å²) in [4.78, 5) is 31.3. The molecule has 7 nitrogen and oxygen atoms in total. The highest BCUT2D eigenvalue weighted by Crippen LogP contribution is 2.26. The molecule has 1 amide bonds. The summed E-state index contributed by atoms with van der Waals surface area (Å²) in [6.45, 7) is 6.81. The number of carboxylic acid groups (broad SMARTS) is 1. The Morgan fingerprint density at radius 2 is 1.91 bits per heavy atom. The van der Waals surface area contributed by atoms with Gasteiger partial charge in [0.1, 0.15) is 5.69 Å². The van der Waals surface area contributed by atoms with E-state index >= 15 is 0 Å². The molecule has 0 spiro atoms. The van der Waals surface area contributed by atoms with E-state index in [0.717, 1.165) is 49.0 Å². The summed E-state index contributed by atoms with van der Waals surface area (Å²) in [5, 5.41) is 14.0. The van der Waals surface area contributed by atoms with Crippen LogP contribution >= 0.6 is 0 Å². The van der Waals surface area contributed by atoms with Crippen LogP contribution in [0.25, 0.3) is 16.9 Å². The fraction of sp³-hybridized carbons (Fsp3) is 0.440. The number of rotatable bonds is 4. The number of aromatic carboxylic acids is 1. The van der Waals surface area contributed by atoms with Crippen molar-refractivity contribution in [3.05, 3.63) is 52.8 Å². The van der Waals surface area contributed by atoms with Gasteiger partial charge in [0.05, 0.1) is 11.3 Å². The monoisotopic (exact) mass is 434 g/mol. The number of amides is 1. The Bertz CT molecular complexity index is 1170. The lowest BCUT2D eigenvalue weighted by atomic mass is 10.0. The first kappa shape index (κ1) is 22.0. The number of likely N-dealkylation sites (tertiary alicyclic amines) is 1. The van der Waals surface area contributed by atoms with E-state index in [1.807, 2.05) is 30.9 Å². The molecular formula is C25H30N4O3. The highest BCUT2D eigenvalue weighted by Gasteiger charge is 2.25. The topological polar surface area (TPSA) is 87.8 Å². The molecule has 1 N–H and O–H groups in total. The fourth-order valence-electron chi connectivity index (χ4n) is 4.51. The minimum Gasteiger partial charge on any atom is -0.478 e. The van der Waals surface area contributed by atoms with E-state index in [-0.39, 0.29) is 17.5 Å². The molecule has 32 heavy (non-hydrogen) atoms. The number of fused-ring (bicyclic) bond motifs is 1. The Hall–Kier alpha value is -3.22. The van der Waals surface area contributed by atoms with Crippen molar-refractivity contribution >= 4 is 17.5 Å². The molecule has 1 saturated heterocycles. The number of aryl methyl sites for hydroxylation is 2. The van der Waals surface area contributed by atoms with E-state index in [4.69, 9.17) is 5.10 Å². The standard InChI is InChI=1S/C25H30N4O3/c1-4-19-14-22(24(30)28-12-8-6-5-7-9-17(28)3)26-23-15-21(27-29(19)23)20-11-10-18(25(31)32)13-16(20)2/h10-11,13-15,17H,4-9,12H2,1-3H3,(H,31,32). The molecule has 0 aliphatic carbocycles. The smallest absolute Gasteiger partial charge is 0.335 e. The average molecular weight is 435 g/mol. The quantitative estimate of drug-likeness (QED) is 0.640. The van der Waals surface area contributed by atoms with Crippen LogP contribution < -0.4 is 0 Å². The van der Waals surface area contributed by atoms with Gasteiger partial charge >= 0.3 is 5.97 Å². The first-order valence-electron chi connectivity index (χ1n) is 11.4. The van der Waals surface area contributed by atoms with E-state index in [1.165, 1.54) is 6.42 Å². The molecule has 0 saturated carbocycles. The van der Waals surface area contributed by atoms with Gasteiger partial charge in [-0.25, -0.2) is 14.3 Å². The number of carboxylic acids is 1. The highest BCUT2D eigenvalue weighted by molar-refractivity contribution is 5.93. The number of nitrogens with zero attached hydrogens (tertiary/aromatic N) is 4. The van der Waals surface area contributed by atoms with Gasteiger partial charge in [-0.3, -0.25) is 4.79 Å². The number of benzene rings is 1. The van der Waals surface area contributed by atoms with Gasteiger partial charge in [-0.2, -0.15) is 5.10 Å². The first-order valence-corrected chi connectivity index (χ1v) is 11.4. The molecule has 1 aliphatic rings. The van der Waals surface area contributed by atoms with E-state index in [2.05, 4.69) is 11.9 Å². The normalized spacial score (nSPS) is 17.2. The second-order valence-corrected chi connectivity index (χ2v) is 8.67. The van der Waals surface area contributed by atoms with Crippen LogP contribution in [0.2, 0.25) is 0 Å². The lowest BCUT2D eigenvalue weighted by molar-refractivity contribution is 0.0658. The zero-order valence-electron chi connectivity index (χ0n) is 19.0. The van der Waals surface area contributed by atoms with Crippen LogP contribution in [0.3, 0.4) is 0 Å². The summed E-state index contributed by atoms with van der Waals surface area (Å²) in [5.74, 6) is -0.965. The maximum Gasteiger partial charge on any atom is 0.335 e. The Morgan fingerprint density at radius 3 is 2.62 bits per heavy atom. The zero-order valence-corrected chi connectivity index (χ0v) is 19.0. The minimum absolute atomic E-state index is 0.0126. The lowest BCUT2D eigenvalue weighted by Crippen LogP contribution is -2.40. The molecule has 1 atom stereocenters. The van der Waals surface area contributed by atoms with E-state index in [0.29, 0.717) is 23.5 Å². The van der Waals surface area contributed by atoms with Crippen molar-refractivity contribution in [1.29, 1.82) is 0 Å². The summed E-state index contributed by atoms with van der Waals surface area (Å²) in [6.07, 6.45) is 6.33. The summed E-state index contributed by atoms with van der Waals surface area (Å²) in [7, 11) is 0. The van der Waals surface area contributed by atoms with Gasteiger partial charge in [0.25, 0.3) is 5.91 Å². The van der Waals surface area contributed by atoms with Crippen LogP contribution in [-0.4, -0.2) is 49.1 Å². The minimum atomic E-state index is -0.953. The molecule has 1 fully saturated rings. The molecule has 0 radical (unpaired) electrons. The first-order chi connectivity index (χ1) is 15.4. The highest BCUT2D eigenvalue weighted by atomic mass is 16.4.